The standard InChI is InChI=1S/C20H23NO3/c1-20(2,3)18-10-5-4-9-17(18)19(22)21-14-7-6-8-15(11-14)23-12-16-13-24-16/h4-11,16H,12-13H2,1-3H3,(H,21,22). The van der Waals surface area contributed by atoms with Gasteiger partial charge in [-0.25, -0.2) is 0 Å². The highest BCUT2D eigenvalue weighted by Gasteiger charge is 2.23. The number of amides is 1. The maximum Gasteiger partial charge on any atom is 0.255 e. The highest BCUT2D eigenvalue weighted by atomic mass is 16.6. The molecule has 2 aromatic carbocycles. The number of benzene rings is 2. The third-order valence-electron chi connectivity index (χ3n) is 3.91. The minimum Gasteiger partial charge on any atom is -0.491 e. The average molecular weight is 325 g/mol. The largest absolute Gasteiger partial charge is 0.491 e. The molecule has 0 aliphatic carbocycles. The van der Waals surface area contributed by atoms with E-state index in [0.29, 0.717) is 12.2 Å². The molecule has 1 saturated heterocycles. The van der Waals surface area contributed by atoms with E-state index in [-0.39, 0.29) is 17.4 Å². The van der Waals surface area contributed by atoms with Gasteiger partial charge in [0.2, 0.25) is 0 Å². The Balaban J connectivity index is 1.74. The number of carbonyl (C=O) groups excluding carboxylic acids is 1. The van der Waals surface area contributed by atoms with E-state index in [1.165, 1.54) is 0 Å². The molecule has 0 bridgehead atoms. The Bertz CT molecular complexity index is 730. The first-order chi connectivity index (χ1) is 11.4. The molecule has 1 N–H and O–H groups in total. The van der Waals surface area contributed by atoms with Crippen LogP contribution in [0.4, 0.5) is 5.69 Å². The number of hydrogen-bond acceptors (Lipinski definition) is 3. The summed E-state index contributed by atoms with van der Waals surface area (Å²) < 4.78 is 10.8. The van der Waals surface area contributed by atoms with E-state index >= 15 is 0 Å². The van der Waals surface area contributed by atoms with Gasteiger partial charge in [0.05, 0.1) is 6.61 Å². The van der Waals surface area contributed by atoms with E-state index in [4.69, 9.17) is 9.47 Å². The molecule has 2 aromatic rings. The molecule has 0 aromatic heterocycles. The maximum atomic E-state index is 12.7. The lowest BCUT2D eigenvalue weighted by Gasteiger charge is -2.22. The molecule has 1 fully saturated rings. The summed E-state index contributed by atoms with van der Waals surface area (Å²) in [6, 6.07) is 15.2. The lowest BCUT2D eigenvalue weighted by molar-refractivity contribution is 0.102. The first-order valence-corrected chi connectivity index (χ1v) is 8.19. The van der Waals surface area contributed by atoms with Gasteiger partial charge < -0.3 is 14.8 Å². The molecule has 24 heavy (non-hydrogen) atoms. The van der Waals surface area contributed by atoms with Crippen LogP contribution in [0.1, 0.15) is 36.7 Å². The number of carbonyl (C=O) groups is 1. The van der Waals surface area contributed by atoms with Gasteiger partial charge in [0.1, 0.15) is 18.5 Å². The van der Waals surface area contributed by atoms with E-state index in [0.717, 1.165) is 23.6 Å². The molecule has 1 aliphatic rings. The molecule has 4 heteroatoms. The molecular weight excluding hydrogens is 302 g/mol. The molecule has 0 saturated carbocycles. The number of hydrogen-bond donors (Lipinski definition) is 1. The lowest BCUT2D eigenvalue weighted by Crippen LogP contribution is -2.20. The molecule has 126 valence electrons. The van der Waals surface area contributed by atoms with Crippen LogP contribution in [0, 0.1) is 0 Å². The van der Waals surface area contributed by atoms with Crippen LogP contribution in [0.15, 0.2) is 48.5 Å². The summed E-state index contributed by atoms with van der Waals surface area (Å²) in [5.41, 5.74) is 2.35. The Labute approximate surface area is 142 Å². The zero-order valence-electron chi connectivity index (χ0n) is 14.3. The quantitative estimate of drug-likeness (QED) is 0.845. The monoisotopic (exact) mass is 325 g/mol. The van der Waals surface area contributed by atoms with Crippen molar-refractivity contribution < 1.29 is 14.3 Å². The lowest BCUT2D eigenvalue weighted by atomic mass is 9.83. The van der Waals surface area contributed by atoms with Gasteiger partial charge in [-0.3, -0.25) is 4.79 Å². The fraction of sp³-hybridized carbons (Fsp3) is 0.350. The van der Waals surface area contributed by atoms with Crippen molar-refractivity contribution in [3.8, 4) is 5.75 Å². The molecule has 1 unspecified atom stereocenters. The van der Waals surface area contributed by atoms with E-state index < -0.39 is 0 Å². The number of rotatable bonds is 5. The van der Waals surface area contributed by atoms with Gasteiger partial charge in [0.25, 0.3) is 5.91 Å². The third-order valence-corrected chi connectivity index (χ3v) is 3.91. The molecule has 0 radical (unpaired) electrons. The van der Waals surface area contributed by atoms with E-state index in [1.54, 1.807) is 0 Å². The Morgan fingerprint density at radius 2 is 1.96 bits per heavy atom. The van der Waals surface area contributed by atoms with Crippen molar-refractivity contribution in [3.63, 3.8) is 0 Å². The van der Waals surface area contributed by atoms with E-state index in [2.05, 4.69) is 26.1 Å². The van der Waals surface area contributed by atoms with Crippen molar-refractivity contribution in [1.29, 1.82) is 0 Å². The zero-order chi connectivity index (χ0) is 17.2. The maximum absolute atomic E-state index is 12.7. The average Bonchev–Trinajstić information content (AvgIpc) is 3.37. The number of anilines is 1. The molecule has 1 amide bonds. The van der Waals surface area contributed by atoms with Crippen LogP contribution in [-0.4, -0.2) is 25.2 Å². The SMILES string of the molecule is CC(C)(C)c1ccccc1C(=O)Nc1cccc(OCC2CO2)c1. The first-order valence-electron chi connectivity index (χ1n) is 8.19. The second-order valence-corrected chi connectivity index (χ2v) is 7.04. The number of epoxide rings is 1. The summed E-state index contributed by atoms with van der Waals surface area (Å²) in [6.07, 6.45) is 0.210. The van der Waals surface area contributed by atoms with Crippen molar-refractivity contribution in [1.82, 2.24) is 0 Å². The summed E-state index contributed by atoms with van der Waals surface area (Å²) in [7, 11) is 0. The summed E-state index contributed by atoms with van der Waals surface area (Å²) in [6.45, 7) is 7.62. The smallest absolute Gasteiger partial charge is 0.255 e. The second-order valence-electron chi connectivity index (χ2n) is 7.04. The van der Waals surface area contributed by atoms with E-state index in [9.17, 15) is 4.79 Å². The van der Waals surface area contributed by atoms with Crippen LogP contribution in [-0.2, 0) is 10.2 Å². The van der Waals surface area contributed by atoms with Gasteiger partial charge in [-0.2, -0.15) is 0 Å². The highest BCUT2D eigenvalue weighted by molar-refractivity contribution is 6.05. The van der Waals surface area contributed by atoms with Crippen molar-refractivity contribution in [3.05, 3.63) is 59.7 Å². The summed E-state index contributed by atoms with van der Waals surface area (Å²) >= 11 is 0. The fourth-order valence-corrected chi connectivity index (χ4v) is 2.55. The van der Waals surface area contributed by atoms with Gasteiger partial charge >= 0.3 is 0 Å². The van der Waals surface area contributed by atoms with Crippen molar-refractivity contribution in [2.75, 3.05) is 18.5 Å². The summed E-state index contributed by atoms with van der Waals surface area (Å²) in [5.74, 6) is 0.621. The molecule has 0 spiro atoms. The van der Waals surface area contributed by atoms with Crippen molar-refractivity contribution in [2.45, 2.75) is 32.3 Å². The topological polar surface area (TPSA) is 50.9 Å². The predicted molar refractivity (Wildman–Crippen MR) is 94.8 cm³/mol. The van der Waals surface area contributed by atoms with E-state index in [1.807, 2.05) is 48.5 Å². The van der Waals surface area contributed by atoms with Crippen molar-refractivity contribution in [2.24, 2.45) is 0 Å². The normalized spacial score (nSPS) is 16.5. The Hall–Kier alpha value is -2.33. The van der Waals surface area contributed by atoms with Gasteiger partial charge in [0.15, 0.2) is 0 Å². The summed E-state index contributed by atoms with van der Waals surface area (Å²) in [4.78, 5) is 12.7. The Kier molecular flexibility index (Phi) is 4.58. The van der Waals surface area contributed by atoms with Gasteiger partial charge in [0, 0.05) is 17.3 Å². The van der Waals surface area contributed by atoms with Crippen LogP contribution in [0.3, 0.4) is 0 Å². The fourth-order valence-electron chi connectivity index (χ4n) is 2.55. The van der Waals surface area contributed by atoms with Gasteiger partial charge in [-0.15, -0.1) is 0 Å². The van der Waals surface area contributed by atoms with Crippen LogP contribution < -0.4 is 10.1 Å². The van der Waals surface area contributed by atoms with Crippen LogP contribution >= 0.6 is 0 Å². The molecule has 1 heterocycles. The molecule has 1 aliphatic heterocycles. The summed E-state index contributed by atoms with van der Waals surface area (Å²) in [5, 5.41) is 2.96. The van der Waals surface area contributed by atoms with Crippen LogP contribution in [0.25, 0.3) is 0 Å². The number of nitrogens with one attached hydrogen (secondary N) is 1. The molecule has 3 rings (SSSR count). The Morgan fingerprint density at radius 1 is 1.21 bits per heavy atom. The van der Waals surface area contributed by atoms with Crippen LogP contribution in [0.2, 0.25) is 0 Å². The molecular formula is C20H23NO3. The highest BCUT2D eigenvalue weighted by Crippen LogP contribution is 2.27. The first kappa shape index (κ1) is 16.5. The molecule has 4 nitrogen and oxygen atoms in total. The van der Waals surface area contributed by atoms with Crippen molar-refractivity contribution >= 4 is 11.6 Å². The van der Waals surface area contributed by atoms with Gasteiger partial charge in [-0.1, -0.05) is 45.0 Å². The zero-order valence-corrected chi connectivity index (χ0v) is 14.3. The molecule has 1 atom stereocenters. The Morgan fingerprint density at radius 3 is 2.67 bits per heavy atom. The van der Waals surface area contributed by atoms with Crippen LogP contribution in [0.5, 0.6) is 5.75 Å². The minimum absolute atomic E-state index is 0.0941. The minimum atomic E-state index is -0.108. The predicted octanol–water partition coefficient (Wildman–Crippen LogP) is 4.01. The second kappa shape index (κ2) is 6.65. The number of ether oxygens (including phenoxy) is 2. The third kappa shape index (κ3) is 4.15. The van der Waals surface area contributed by atoms with Gasteiger partial charge in [-0.05, 0) is 29.2 Å².